The van der Waals surface area contributed by atoms with E-state index in [-0.39, 0.29) is 6.01 Å². The number of hydrogen-bond acceptors (Lipinski definition) is 5. The van der Waals surface area contributed by atoms with Gasteiger partial charge in [-0.25, -0.2) is 0 Å². The van der Waals surface area contributed by atoms with Gasteiger partial charge < -0.3 is 19.2 Å². The van der Waals surface area contributed by atoms with Gasteiger partial charge in [-0.05, 0) is 24.3 Å². The van der Waals surface area contributed by atoms with Gasteiger partial charge in [-0.1, -0.05) is 18.2 Å². The number of aromatic nitrogens is 1. The van der Waals surface area contributed by atoms with E-state index in [4.69, 9.17) is 13.9 Å². The van der Waals surface area contributed by atoms with Crippen LogP contribution in [0.3, 0.4) is 0 Å². The number of halogens is 3. The predicted molar refractivity (Wildman–Crippen MR) is 93.8 cm³/mol. The van der Waals surface area contributed by atoms with Crippen LogP contribution in [0.1, 0.15) is 11.1 Å². The average molecular weight is 378 g/mol. The number of ether oxygens (including phenoxy) is 2. The lowest BCUT2D eigenvalue weighted by Crippen LogP contribution is -2.04. The van der Waals surface area contributed by atoms with E-state index in [1.54, 1.807) is 14.2 Å². The molecule has 0 saturated heterocycles. The zero-order valence-electron chi connectivity index (χ0n) is 14.6. The molecule has 3 rings (SSSR count). The normalized spacial score (nSPS) is 11.3. The summed E-state index contributed by atoms with van der Waals surface area (Å²) in [5.41, 5.74) is 1.03. The highest BCUT2D eigenvalue weighted by Gasteiger charge is 2.30. The maximum Gasteiger partial charge on any atom is 0.416 e. The van der Waals surface area contributed by atoms with Gasteiger partial charge in [-0.15, -0.1) is 0 Å². The molecule has 1 aromatic heterocycles. The highest BCUT2D eigenvalue weighted by molar-refractivity contribution is 5.60. The van der Waals surface area contributed by atoms with E-state index < -0.39 is 11.7 Å². The van der Waals surface area contributed by atoms with Gasteiger partial charge in [0.15, 0.2) is 0 Å². The van der Waals surface area contributed by atoms with Crippen molar-refractivity contribution in [3.05, 3.63) is 59.9 Å². The Kier molecular flexibility index (Phi) is 5.25. The van der Waals surface area contributed by atoms with E-state index in [0.717, 1.165) is 17.7 Å². The van der Waals surface area contributed by atoms with E-state index in [9.17, 15) is 13.2 Å². The summed E-state index contributed by atoms with van der Waals surface area (Å²) in [7, 11) is 3.12. The lowest BCUT2D eigenvalue weighted by Gasteiger charge is -2.12. The fraction of sp³-hybridized carbons (Fsp3) is 0.211. The van der Waals surface area contributed by atoms with Crippen LogP contribution in [0.2, 0.25) is 0 Å². The first-order chi connectivity index (χ1) is 12.9. The molecular weight excluding hydrogens is 361 g/mol. The smallest absolute Gasteiger partial charge is 0.416 e. The molecule has 1 N–H and O–H groups in total. The van der Waals surface area contributed by atoms with Crippen molar-refractivity contribution in [2.75, 3.05) is 19.5 Å². The Morgan fingerprint density at radius 3 is 2.19 bits per heavy atom. The van der Waals surface area contributed by atoms with Crippen LogP contribution in [0, 0.1) is 0 Å². The number of nitrogens with zero attached hydrogens (tertiary/aromatic N) is 1. The Morgan fingerprint density at radius 2 is 1.63 bits per heavy atom. The van der Waals surface area contributed by atoms with Crippen LogP contribution in [-0.2, 0) is 12.7 Å². The minimum atomic E-state index is -4.37. The second kappa shape index (κ2) is 7.61. The fourth-order valence-corrected chi connectivity index (χ4v) is 2.58. The highest BCUT2D eigenvalue weighted by atomic mass is 19.4. The van der Waals surface area contributed by atoms with E-state index >= 15 is 0 Å². The molecule has 0 aliphatic heterocycles. The number of benzene rings is 2. The molecule has 8 heteroatoms. The minimum absolute atomic E-state index is 0.234. The van der Waals surface area contributed by atoms with Crippen LogP contribution in [0.5, 0.6) is 11.5 Å². The van der Waals surface area contributed by atoms with Gasteiger partial charge in [0.05, 0.1) is 31.9 Å². The van der Waals surface area contributed by atoms with Gasteiger partial charge >= 0.3 is 6.18 Å². The monoisotopic (exact) mass is 378 g/mol. The SMILES string of the molecule is COc1cccc(OC)c1CNc1nc(-c2ccc(C(F)(F)F)cc2)co1. The van der Waals surface area contributed by atoms with Gasteiger partial charge in [0, 0.05) is 5.56 Å². The molecule has 0 bridgehead atoms. The van der Waals surface area contributed by atoms with E-state index in [1.807, 2.05) is 18.2 Å². The summed E-state index contributed by atoms with van der Waals surface area (Å²) < 4.78 is 54.0. The molecule has 0 fully saturated rings. The average Bonchev–Trinajstić information content (AvgIpc) is 3.14. The van der Waals surface area contributed by atoms with Crippen LogP contribution in [0.15, 0.2) is 53.1 Å². The topological polar surface area (TPSA) is 56.5 Å². The Morgan fingerprint density at radius 1 is 1.00 bits per heavy atom. The molecule has 0 unspecified atom stereocenters. The lowest BCUT2D eigenvalue weighted by atomic mass is 10.1. The van der Waals surface area contributed by atoms with Crippen molar-refractivity contribution in [2.45, 2.75) is 12.7 Å². The molecule has 0 atom stereocenters. The predicted octanol–water partition coefficient (Wildman–Crippen LogP) is 4.99. The Bertz CT molecular complexity index is 883. The third-order valence-corrected chi connectivity index (χ3v) is 3.96. The van der Waals surface area contributed by atoms with Crippen LogP contribution in [0.25, 0.3) is 11.3 Å². The highest BCUT2D eigenvalue weighted by Crippen LogP contribution is 2.32. The molecule has 0 amide bonds. The molecule has 0 spiro atoms. The number of anilines is 1. The molecule has 2 aromatic carbocycles. The maximum absolute atomic E-state index is 12.6. The molecule has 0 aliphatic rings. The molecule has 27 heavy (non-hydrogen) atoms. The first-order valence-electron chi connectivity index (χ1n) is 7.99. The van der Waals surface area contributed by atoms with Gasteiger partial charge in [-0.2, -0.15) is 18.2 Å². The third-order valence-electron chi connectivity index (χ3n) is 3.96. The summed E-state index contributed by atoms with van der Waals surface area (Å²) >= 11 is 0. The first kappa shape index (κ1) is 18.6. The number of nitrogens with one attached hydrogen (secondary N) is 1. The van der Waals surface area contributed by atoms with Crippen molar-refractivity contribution in [2.24, 2.45) is 0 Å². The van der Waals surface area contributed by atoms with Crippen molar-refractivity contribution in [3.8, 4) is 22.8 Å². The minimum Gasteiger partial charge on any atom is -0.496 e. The van der Waals surface area contributed by atoms with Crippen LogP contribution < -0.4 is 14.8 Å². The van der Waals surface area contributed by atoms with Crippen molar-refractivity contribution in [1.29, 1.82) is 0 Å². The lowest BCUT2D eigenvalue weighted by molar-refractivity contribution is -0.137. The maximum atomic E-state index is 12.6. The second-order valence-electron chi connectivity index (χ2n) is 5.61. The zero-order valence-corrected chi connectivity index (χ0v) is 14.6. The van der Waals surface area contributed by atoms with Crippen LogP contribution in [0.4, 0.5) is 19.2 Å². The molecule has 0 aliphatic carbocycles. The molecule has 5 nitrogen and oxygen atoms in total. The van der Waals surface area contributed by atoms with Crippen LogP contribution >= 0.6 is 0 Å². The number of hydrogen-bond donors (Lipinski definition) is 1. The molecular formula is C19H17F3N2O3. The summed E-state index contributed by atoms with van der Waals surface area (Å²) in [5.74, 6) is 1.30. The van der Waals surface area contributed by atoms with E-state index in [2.05, 4.69) is 10.3 Å². The summed E-state index contributed by atoms with van der Waals surface area (Å²) in [6, 6.07) is 10.4. The summed E-state index contributed by atoms with van der Waals surface area (Å²) in [6.45, 7) is 0.333. The Hall–Kier alpha value is -3.16. The van der Waals surface area contributed by atoms with Crippen LogP contribution in [-0.4, -0.2) is 19.2 Å². The van der Waals surface area contributed by atoms with Gasteiger partial charge in [0.1, 0.15) is 23.5 Å². The first-order valence-corrected chi connectivity index (χ1v) is 7.99. The quantitative estimate of drug-likeness (QED) is 0.655. The third kappa shape index (κ3) is 4.16. The Balaban J connectivity index is 1.74. The largest absolute Gasteiger partial charge is 0.496 e. The number of oxazole rings is 1. The number of methoxy groups -OCH3 is 2. The van der Waals surface area contributed by atoms with Crippen molar-refractivity contribution < 1.29 is 27.1 Å². The summed E-state index contributed by atoms with van der Waals surface area (Å²) in [5, 5.41) is 3.02. The molecule has 1 heterocycles. The number of rotatable bonds is 6. The summed E-state index contributed by atoms with van der Waals surface area (Å²) in [4.78, 5) is 4.26. The Labute approximate surface area is 153 Å². The molecule has 0 radical (unpaired) electrons. The van der Waals surface area contributed by atoms with Crippen molar-refractivity contribution in [3.63, 3.8) is 0 Å². The van der Waals surface area contributed by atoms with Gasteiger partial charge in [0.2, 0.25) is 0 Å². The van der Waals surface area contributed by atoms with Crippen molar-refractivity contribution >= 4 is 6.01 Å². The molecule has 142 valence electrons. The second-order valence-corrected chi connectivity index (χ2v) is 5.61. The fourth-order valence-electron chi connectivity index (χ4n) is 2.58. The standard InChI is InChI=1S/C19H17F3N2O3/c1-25-16-4-3-5-17(26-2)14(16)10-23-18-24-15(11-27-18)12-6-8-13(9-7-12)19(20,21)22/h3-9,11H,10H2,1-2H3,(H,23,24). The number of alkyl halides is 3. The van der Waals surface area contributed by atoms with E-state index in [1.165, 1.54) is 18.4 Å². The van der Waals surface area contributed by atoms with Gasteiger partial charge in [-0.3, -0.25) is 0 Å². The van der Waals surface area contributed by atoms with E-state index in [0.29, 0.717) is 29.3 Å². The molecule has 3 aromatic rings. The van der Waals surface area contributed by atoms with Crippen molar-refractivity contribution in [1.82, 2.24) is 4.98 Å². The zero-order chi connectivity index (χ0) is 19.4. The van der Waals surface area contributed by atoms with Gasteiger partial charge in [0.25, 0.3) is 6.01 Å². The summed E-state index contributed by atoms with van der Waals surface area (Å²) in [6.07, 6.45) is -2.99. The molecule has 0 saturated carbocycles.